The second-order valence-corrected chi connectivity index (χ2v) is 8.74. The van der Waals surface area contributed by atoms with Crippen molar-refractivity contribution in [2.45, 2.75) is 29.6 Å². The number of benzene rings is 1. The fourth-order valence-corrected chi connectivity index (χ4v) is 5.17. The Hall–Kier alpha value is -1.41. The van der Waals surface area contributed by atoms with Crippen molar-refractivity contribution in [3.63, 3.8) is 0 Å². The Bertz CT molecular complexity index is 736. The minimum atomic E-state index is -3.37. The van der Waals surface area contributed by atoms with Gasteiger partial charge in [-0.3, -0.25) is 4.90 Å². The molecule has 2 heterocycles. The minimum Gasteiger partial charge on any atom is -0.399 e. The molecule has 3 N–H and O–H groups in total. The largest absolute Gasteiger partial charge is 0.399 e. The Kier molecular flexibility index (Phi) is 5.01. The molecule has 124 valence electrons. The van der Waals surface area contributed by atoms with E-state index in [0.29, 0.717) is 4.21 Å². The molecule has 0 saturated carbocycles. The molecular weight excluding hydrogens is 330 g/mol. The zero-order valence-electron chi connectivity index (χ0n) is 12.8. The molecule has 0 amide bonds. The maximum atomic E-state index is 12.2. The quantitative estimate of drug-likeness (QED) is 0.811. The van der Waals surface area contributed by atoms with Gasteiger partial charge in [-0.1, -0.05) is 18.2 Å². The third-order valence-corrected chi connectivity index (χ3v) is 6.94. The van der Waals surface area contributed by atoms with Crippen LogP contribution in [0.2, 0.25) is 0 Å². The van der Waals surface area contributed by atoms with Crippen LogP contribution in [0.15, 0.2) is 46.0 Å². The van der Waals surface area contributed by atoms with Gasteiger partial charge in [0.25, 0.3) is 0 Å². The summed E-state index contributed by atoms with van der Waals surface area (Å²) in [5.41, 5.74) is 7.78. The summed E-state index contributed by atoms with van der Waals surface area (Å²) >= 11 is 1.25. The minimum absolute atomic E-state index is 0.0131. The molecule has 2 aromatic rings. The number of thiophene rings is 1. The van der Waals surface area contributed by atoms with Crippen molar-refractivity contribution in [1.82, 2.24) is 9.62 Å². The van der Waals surface area contributed by atoms with E-state index in [1.165, 1.54) is 16.9 Å². The Balaban J connectivity index is 1.53. The number of rotatable bonds is 5. The van der Waals surface area contributed by atoms with Crippen LogP contribution < -0.4 is 10.5 Å². The Labute approximate surface area is 141 Å². The van der Waals surface area contributed by atoms with Crippen molar-refractivity contribution in [2.75, 3.05) is 18.8 Å². The van der Waals surface area contributed by atoms with Crippen LogP contribution in [0, 0.1) is 0 Å². The van der Waals surface area contributed by atoms with Gasteiger partial charge in [0.2, 0.25) is 10.0 Å². The second-order valence-electron chi connectivity index (χ2n) is 5.85. The average molecular weight is 351 g/mol. The van der Waals surface area contributed by atoms with Gasteiger partial charge in [-0.15, -0.1) is 11.3 Å². The van der Waals surface area contributed by atoms with Gasteiger partial charge in [-0.05, 0) is 42.0 Å². The summed E-state index contributed by atoms with van der Waals surface area (Å²) < 4.78 is 27.7. The number of nitrogen functional groups attached to an aromatic ring is 1. The molecule has 1 aliphatic rings. The maximum Gasteiger partial charge on any atom is 0.250 e. The lowest BCUT2D eigenvalue weighted by Gasteiger charge is -2.32. The molecule has 1 aromatic heterocycles. The Morgan fingerprint density at radius 3 is 2.65 bits per heavy atom. The molecule has 1 aliphatic heterocycles. The summed E-state index contributed by atoms with van der Waals surface area (Å²) in [6.45, 7) is 2.62. The highest BCUT2D eigenvalue weighted by Gasteiger charge is 2.25. The van der Waals surface area contributed by atoms with Crippen LogP contribution in [0.5, 0.6) is 0 Å². The van der Waals surface area contributed by atoms with Gasteiger partial charge in [-0.2, -0.15) is 0 Å². The van der Waals surface area contributed by atoms with Crippen LogP contribution in [0.3, 0.4) is 0 Å². The van der Waals surface area contributed by atoms with Crippen LogP contribution in [0.4, 0.5) is 5.69 Å². The number of nitrogens with one attached hydrogen (secondary N) is 1. The molecular formula is C16H21N3O2S2. The predicted octanol–water partition coefficient (Wildman–Crippen LogP) is 2.27. The summed E-state index contributed by atoms with van der Waals surface area (Å²) in [6, 6.07) is 11.3. The van der Waals surface area contributed by atoms with Crippen molar-refractivity contribution in [3.05, 3.63) is 47.3 Å². The highest BCUT2D eigenvalue weighted by molar-refractivity contribution is 7.91. The zero-order chi connectivity index (χ0) is 16.3. The smallest absolute Gasteiger partial charge is 0.250 e. The van der Waals surface area contributed by atoms with Crippen molar-refractivity contribution in [2.24, 2.45) is 0 Å². The van der Waals surface area contributed by atoms with Gasteiger partial charge in [0.1, 0.15) is 4.21 Å². The molecule has 0 bridgehead atoms. The van der Waals surface area contributed by atoms with Gasteiger partial charge in [0, 0.05) is 31.4 Å². The number of hydrogen-bond donors (Lipinski definition) is 2. The lowest BCUT2D eigenvalue weighted by molar-refractivity contribution is 0.200. The third-order valence-electron chi connectivity index (χ3n) is 4.03. The summed E-state index contributed by atoms with van der Waals surface area (Å²) in [5, 5.41) is 1.78. The first-order chi connectivity index (χ1) is 11.0. The fraction of sp³-hybridized carbons (Fsp3) is 0.375. The van der Waals surface area contributed by atoms with Crippen molar-refractivity contribution >= 4 is 27.0 Å². The number of piperidine rings is 1. The number of nitrogens with two attached hydrogens (primary N) is 1. The van der Waals surface area contributed by atoms with Crippen molar-refractivity contribution < 1.29 is 8.42 Å². The fourth-order valence-electron chi connectivity index (χ4n) is 2.85. The van der Waals surface area contributed by atoms with E-state index in [0.717, 1.165) is 38.2 Å². The molecule has 0 atom stereocenters. The van der Waals surface area contributed by atoms with E-state index in [4.69, 9.17) is 5.73 Å². The Morgan fingerprint density at radius 2 is 2.00 bits per heavy atom. The van der Waals surface area contributed by atoms with Crippen LogP contribution >= 0.6 is 11.3 Å². The number of likely N-dealkylation sites (tertiary alicyclic amines) is 1. The van der Waals surface area contributed by atoms with E-state index in [2.05, 4.69) is 15.7 Å². The SMILES string of the molecule is Nc1cccc(CN2CCC(NS(=O)(=O)c3cccs3)CC2)c1. The third kappa shape index (κ3) is 4.32. The van der Waals surface area contributed by atoms with Gasteiger partial charge in [0.05, 0.1) is 0 Å². The number of sulfonamides is 1. The molecule has 1 fully saturated rings. The maximum absolute atomic E-state index is 12.2. The molecule has 1 saturated heterocycles. The Morgan fingerprint density at radius 1 is 1.22 bits per heavy atom. The van der Waals surface area contributed by atoms with E-state index in [1.807, 2.05) is 18.2 Å². The molecule has 0 spiro atoms. The van der Waals surface area contributed by atoms with E-state index in [-0.39, 0.29) is 6.04 Å². The van der Waals surface area contributed by atoms with Gasteiger partial charge >= 0.3 is 0 Å². The topological polar surface area (TPSA) is 75.4 Å². The summed E-state index contributed by atoms with van der Waals surface area (Å²) in [7, 11) is -3.37. The van der Waals surface area contributed by atoms with E-state index in [9.17, 15) is 8.42 Å². The van der Waals surface area contributed by atoms with Crippen LogP contribution in [0.25, 0.3) is 0 Å². The van der Waals surface area contributed by atoms with E-state index in [1.54, 1.807) is 17.5 Å². The molecule has 0 aliphatic carbocycles. The number of hydrogen-bond acceptors (Lipinski definition) is 5. The highest BCUT2D eigenvalue weighted by Crippen LogP contribution is 2.20. The van der Waals surface area contributed by atoms with Crippen LogP contribution in [-0.4, -0.2) is 32.4 Å². The lowest BCUT2D eigenvalue weighted by Crippen LogP contribution is -2.44. The van der Waals surface area contributed by atoms with Gasteiger partial charge < -0.3 is 5.73 Å². The molecule has 23 heavy (non-hydrogen) atoms. The number of nitrogens with zero attached hydrogens (tertiary/aromatic N) is 1. The molecule has 1 aromatic carbocycles. The molecule has 0 unspecified atom stereocenters. The standard InChI is InChI=1S/C16H21N3O2S2/c17-14-4-1-3-13(11-14)12-19-8-6-15(7-9-19)18-23(20,21)16-5-2-10-22-16/h1-5,10-11,15,18H,6-9,12,17H2. The highest BCUT2D eigenvalue weighted by atomic mass is 32.2. The monoisotopic (exact) mass is 351 g/mol. The summed E-state index contributed by atoms with van der Waals surface area (Å²) in [5.74, 6) is 0. The number of anilines is 1. The molecule has 7 heteroatoms. The molecule has 3 rings (SSSR count). The van der Waals surface area contributed by atoms with Crippen LogP contribution in [0.1, 0.15) is 18.4 Å². The average Bonchev–Trinajstić information content (AvgIpc) is 3.04. The van der Waals surface area contributed by atoms with Gasteiger partial charge in [-0.25, -0.2) is 13.1 Å². The lowest BCUT2D eigenvalue weighted by atomic mass is 10.1. The predicted molar refractivity (Wildman–Crippen MR) is 93.8 cm³/mol. The molecule has 5 nitrogen and oxygen atoms in total. The summed E-state index contributed by atoms with van der Waals surface area (Å²) in [4.78, 5) is 2.34. The first kappa shape index (κ1) is 16.4. The van der Waals surface area contributed by atoms with E-state index >= 15 is 0 Å². The van der Waals surface area contributed by atoms with Crippen LogP contribution in [-0.2, 0) is 16.6 Å². The first-order valence-corrected chi connectivity index (χ1v) is 10.0. The molecule has 0 radical (unpaired) electrons. The first-order valence-electron chi connectivity index (χ1n) is 7.65. The van der Waals surface area contributed by atoms with E-state index < -0.39 is 10.0 Å². The van der Waals surface area contributed by atoms with Crippen molar-refractivity contribution in [1.29, 1.82) is 0 Å². The van der Waals surface area contributed by atoms with Gasteiger partial charge in [0.15, 0.2) is 0 Å². The van der Waals surface area contributed by atoms with Crippen molar-refractivity contribution in [3.8, 4) is 0 Å². The summed E-state index contributed by atoms with van der Waals surface area (Å²) in [6.07, 6.45) is 1.65. The normalized spacial score (nSPS) is 17.4. The second kappa shape index (κ2) is 7.00. The zero-order valence-corrected chi connectivity index (χ0v) is 14.4.